The van der Waals surface area contributed by atoms with Crippen LogP contribution in [-0.2, 0) is 14.8 Å². The molecule has 0 heterocycles. The first kappa shape index (κ1) is 10.4. The number of thioether (sulfide) groups is 1. The number of hydrogen-bond acceptors (Lipinski definition) is 3. The van der Waals surface area contributed by atoms with E-state index in [1.54, 1.807) is 0 Å². The number of benzene rings is 1. The molecule has 0 aromatic heterocycles. The topological polar surface area (TPSA) is 26.3 Å². The van der Waals surface area contributed by atoms with Gasteiger partial charge in [0.2, 0.25) is 0 Å². The van der Waals surface area contributed by atoms with E-state index in [0.717, 1.165) is 5.75 Å². The Bertz CT molecular complexity index is 264. The Hall–Kier alpha value is -0.670. The summed E-state index contributed by atoms with van der Waals surface area (Å²) in [5.41, 5.74) is 1.19. The summed E-state index contributed by atoms with van der Waals surface area (Å²) in [5.74, 6) is 0.688. The van der Waals surface area contributed by atoms with E-state index in [-0.39, 0.29) is 0 Å². The summed E-state index contributed by atoms with van der Waals surface area (Å²) in [6, 6.07) is 9.92. The van der Waals surface area contributed by atoms with E-state index in [9.17, 15) is 4.79 Å². The molecule has 0 spiro atoms. The van der Waals surface area contributed by atoms with Gasteiger partial charge in [-0.3, -0.25) is 0 Å². The number of carbonyl (C=O) groups excluding carboxylic acids is 1. The molecule has 0 aliphatic heterocycles. The Kier molecular flexibility index (Phi) is 4.72. The molecular formula is C9H9ClO2S. The molecule has 0 saturated heterocycles. The van der Waals surface area contributed by atoms with Gasteiger partial charge in [-0.05, 0) is 5.56 Å². The van der Waals surface area contributed by atoms with Crippen molar-refractivity contribution in [1.82, 2.24) is 0 Å². The lowest BCUT2D eigenvalue weighted by Crippen LogP contribution is -2.00. The fourth-order valence-corrected chi connectivity index (χ4v) is 1.72. The number of carbonyl (C=O) groups is 1. The fourth-order valence-electron chi connectivity index (χ4n) is 0.849. The van der Waals surface area contributed by atoms with Crippen molar-refractivity contribution in [2.75, 3.05) is 5.75 Å². The molecule has 0 radical (unpaired) electrons. The second-order valence-corrected chi connectivity index (χ2v) is 3.57. The quantitative estimate of drug-likeness (QED) is 0.774. The summed E-state index contributed by atoms with van der Waals surface area (Å²) in [5, 5.41) is 0. The lowest BCUT2D eigenvalue weighted by molar-refractivity contribution is -0.130. The van der Waals surface area contributed by atoms with Crippen LogP contribution >= 0.6 is 23.6 Å². The van der Waals surface area contributed by atoms with Gasteiger partial charge in [0.15, 0.2) is 0 Å². The molecule has 1 aromatic carbocycles. The monoisotopic (exact) mass is 216 g/mol. The Morgan fingerprint density at radius 2 is 2.08 bits per heavy atom. The molecular weight excluding hydrogens is 208 g/mol. The second-order valence-electron chi connectivity index (χ2n) is 2.43. The minimum Gasteiger partial charge on any atom is -0.347 e. The van der Waals surface area contributed by atoms with Crippen LogP contribution in [0.4, 0.5) is 0 Å². The van der Waals surface area contributed by atoms with Crippen LogP contribution in [0.3, 0.4) is 0 Å². The van der Waals surface area contributed by atoms with Gasteiger partial charge < -0.3 is 4.29 Å². The molecule has 1 rings (SSSR count). The van der Waals surface area contributed by atoms with E-state index in [1.165, 1.54) is 17.3 Å². The molecule has 0 bridgehead atoms. The standard InChI is InChI=1S/C9H9ClO2S/c10-12-9(11)7-13-6-8-4-2-1-3-5-8/h1-5H,6-7H2. The Balaban J connectivity index is 2.24. The molecule has 0 aliphatic rings. The maximum atomic E-state index is 10.6. The highest BCUT2D eigenvalue weighted by atomic mass is 35.5. The summed E-state index contributed by atoms with van der Waals surface area (Å²) in [6.45, 7) is 0. The van der Waals surface area contributed by atoms with Gasteiger partial charge in [-0.2, -0.15) is 0 Å². The third kappa shape index (κ3) is 4.20. The van der Waals surface area contributed by atoms with E-state index in [4.69, 9.17) is 11.9 Å². The summed E-state index contributed by atoms with van der Waals surface area (Å²) in [6.07, 6.45) is 0. The summed E-state index contributed by atoms with van der Waals surface area (Å²) in [7, 11) is 0. The summed E-state index contributed by atoms with van der Waals surface area (Å²) < 4.78 is 4.00. The van der Waals surface area contributed by atoms with Crippen LogP contribution in [0.5, 0.6) is 0 Å². The molecule has 0 atom stereocenters. The Labute approximate surface area is 86.4 Å². The van der Waals surface area contributed by atoms with E-state index in [0.29, 0.717) is 5.75 Å². The zero-order valence-corrected chi connectivity index (χ0v) is 8.48. The Morgan fingerprint density at radius 1 is 1.38 bits per heavy atom. The van der Waals surface area contributed by atoms with Crippen molar-refractivity contribution in [3.8, 4) is 0 Å². The van der Waals surface area contributed by atoms with Gasteiger partial charge in [0, 0.05) is 5.75 Å². The van der Waals surface area contributed by atoms with Gasteiger partial charge in [0.1, 0.15) is 11.9 Å². The van der Waals surface area contributed by atoms with Crippen molar-refractivity contribution in [2.24, 2.45) is 0 Å². The molecule has 0 saturated carbocycles. The van der Waals surface area contributed by atoms with Crippen LogP contribution in [0.15, 0.2) is 30.3 Å². The highest BCUT2D eigenvalue weighted by Crippen LogP contribution is 2.11. The molecule has 0 fully saturated rings. The predicted molar refractivity (Wildman–Crippen MR) is 54.5 cm³/mol. The maximum Gasteiger partial charge on any atom is 0.334 e. The first-order valence-electron chi connectivity index (χ1n) is 3.76. The van der Waals surface area contributed by atoms with E-state index in [1.807, 2.05) is 30.3 Å². The van der Waals surface area contributed by atoms with Gasteiger partial charge >= 0.3 is 5.97 Å². The first-order chi connectivity index (χ1) is 6.33. The molecule has 13 heavy (non-hydrogen) atoms. The molecule has 2 nitrogen and oxygen atoms in total. The fraction of sp³-hybridized carbons (Fsp3) is 0.222. The van der Waals surface area contributed by atoms with Crippen LogP contribution in [0, 0.1) is 0 Å². The van der Waals surface area contributed by atoms with Crippen molar-refractivity contribution in [3.05, 3.63) is 35.9 Å². The van der Waals surface area contributed by atoms with Crippen molar-refractivity contribution < 1.29 is 9.08 Å². The highest BCUT2D eigenvalue weighted by molar-refractivity contribution is 7.99. The average molecular weight is 217 g/mol. The predicted octanol–water partition coefficient (Wildman–Crippen LogP) is 2.62. The van der Waals surface area contributed by atoms with Gasteiger partial charge in [-0.25, -0.2) is 4.79 Å². The van der Waals surface area contributed by atoms with Gasteiger partial charge in [0.05, 0.1) is 5.75 Å². The number of hydrogen-bond donors (Lipinski definition) is 0. The van der Waals surface area contributed by atoms with E-state index in [2.05, 4.69) is 4.29 Å². The third-order valence-corrected chi connectivity index (χ3v) is 2.57. The van der Waals surface area contributed by atoms with Crippen LogP contribution < -0.4 is 0 Å². The van der Waals surface area contributed by atoms with E-state index >= 15 is 0 Å². The smallest absolute Gasteiger partial charge is 0.334 e. The average Bonchev–Trinajstić information content (AvgIpc) is 2.19. The van der Waals surface area contributed by atoms with Crippen molar-refractivity contribution in [3.63, 3.8) is 0 Å². The second kappa shape index (κ2) is 5.89. The Morgan fingerprint density at radius 3 is 2.69 bits per heavy atom. The summed E-state index contributed by atoms with van der Waals surface area (Å²) in [4.78, 5) is 10.6. The molecule has 0 N–H and O–H groups in total. The third-order valence-electron chi connectivity index (χ3n) is 1.42. The molecule has 4 heteroatoms. The van der Waals surface area contributed by atoms with Crippen LogP contribution in [0.1, 0.15) is 5.56 Å². The largest absolute Gasteiger partial charge is 0.347 e. The first-order valence-corrected chi connectivity index (χ1v) is 5.22. The molecule has 0 unspecified atom stereocenters. The SMILES string of the molecule is O=C(CSCc1ccccc1)OCl. The number of rotatable bonds is 4. The molecule has 0 amide bonds. The molecule has 70 valence electrons. The van der Waals surface area contributed by atoms with E-state index < -0.39 is 5.97 Å². The van der Waals surface area contributed by atoms with Crippen molar-refractivity contribution in [1.29, 1.82) is 0 Å². The maximum absolute atomic E-state index is 10.6. The van der Waals surface area contributed by atoms with Crippen LogP contribution in [0.2, 0.25) is 0 Å². The van der Waals surface area contributed by atoms with Gasteiger partial charge in [-0.15, -0.1) is 11.8 Å². The zero-order valence-electron chi connectivity index (χ0n) is 6.90. The van der Waals surface area contributed by atoms with Crippen LogP contribution in [0.25, 0.3) is 0 Å². The van der Waals surface area contributed by atoms with Crippen LogP contribution in [-0.4, -0.2) is 11.7 Å². The van der Waals surface area contributed by atoms with Gasteiger partial charge in [0.25, 0.3) is 0 Å². The minimum atomic E-state index is -0.400. The lowest BCUT2D eigenvalue weighted by Gasteiger charge is -1.98. The van der Waals surface area contributed by atoms with Gasteiger partial charge in [-0.1, -0.05) is 30.3 Å². The van der Waals surface area contributed by atoms with Crippen molar-refractivity contribution in [2.45, 2.75) is 5.75 Å². The normalized spacial score (nSPS) is 9.62. The van der Waals surface area contributed by atoms with Crippen molar-refractivity contribution >= 4 is 29.6 Å². The summed E-state index contributed by atoms with van der Waals surface area (Å²) >= 11 is 6.35. The molecule has 0 aliphatic carbocycles. The zero-order chi connectivity index (χ0) is 9.52. The lowest BCUT2D eigenvalue weighted by atomic mass is 10.2. The minimum absolute atomic E-state index is 0.290. The molecule has 1 aromatic rings. The number of halogens is 1. The highest BCUT2D eigenvalue weighted by Gasteiger charge is 2.01.